The molecule has 22 heavy (non-hydrogen) atoms. The second-order valence-electron chi connectivity index (χ2n) is 4.54. The Labute approximate surface area is 127 Å². The van der Waals surface area contributed by atoms with Gasteiger partial charge >= 0.3 is 5.97 Å². The molecule has 0 saturated carbocycles. The first-order valence-corrected chi connectivity index (χ1v) is 6.64. The number of rotatable bonds is 3. The fourth-order valence-corrected chi connectivity index (χ4v) is 2.21. The van der Waals surface area contributed by atoms with Crippen LogP contribution in [0.15, 0.2) is 48.7 Å². The summed E-state index contributed by atoms with van der Waals surface area (Å²) in [5, 5.41) is 0. The Morgan fingerprint density at radius 2 is 1.64 bits per heavy atom. The zero-order valence-corrected chi connectivity index (χ0v) is 12.2. The van der Waals surface area contributed by atoms with E-state index in [4.69, 9.17) is 18.9 Å². The van der Waals surface area contributed by atoms with Crippen molar-refractivity contribution in [2.24, 2.45) is 0 Å². The minimum atomic E-state index is -0.516. The van der Waals surface area contributed by atoms with Crippen LogP contribution in [-0.4, -0.2) is 20.2 Å². The highest BCUT2D eigenvalue weighted by Crippen LogP contribution is 2.48. The third-order valence-electron chi connectivity index (χ3n) is 3.19. The molecule has 0 saturated heterocycles. The lowest BCUT2D eigenvalue weighted by molar-refractivity contribution is -0.133. The van der Waals surface area contributed by atoms with E-state index in [1.54, 1.807) is 24.3 Å². The number of methoxy groups -OCH3 is 2. The van der Waals surface area contributed by atoms with Crippen molar-refractivity contribution in [3.05, 3.63) is 54.3 Å². The molecule has 0 atom stereocenters. The van der Waals surface area contributed by atoms with Gasteiger partial charge in [0.15, 0.2) is 23.0 Å². The molecule has 3 rings (SSSR count). The summed E-state index contributed by atoms with van der Waals surface area (Å²) in [6, 6.07) is 12.6. The van der Waals surface area contributed by atoms with E-state index < -0.39 is 5.97 Å². The van der Waals surface area contributed by atoms with Gasteiger partial charge in [0, 0.05) is 5.56 Å². The summed E-state index contributed by atoms with van der Waals surface area (Å²) in [4.78, 5) is 12.0. The van der Waals surface area contributed by atoms with Crippen molar-refractivity contribution < 1.29 is 23.7 Å². The van der Waals surface area contributed by atoms with E-state index in [0.29, 0.717) is 28.6 Å². The maximum Gasteiger partial charge on any atom is 0.341 e. The summed E-state index contributed by atoms with van der Waals surface area (Å²) >= 11 is 0. The standard InChI is InChI=1S/C17H14O5/c1-19-10-12(17(18)20-2)11-6-5-9-15-16(11)22-14-8-4-3-7-13(14)21-15/h3-10H,1-2H3/b12-10-. The fourth-order valence-electron chi connectivity index (χ4n) is 2.21. The van der Waals surface area contributed by atoms with Crippen LogP contribution in [0.1, 0.15) is 5.56 Å². The van der Waals surface area contributed by atoms with Gasteiger partial charge in [0.2, 0.25) is 0 Å². The van der Waals surface area contributed by atoms with Crippen LogP contribution in [-0.2, 0) is 14.3 Å². The van der Waals surface area contributed by atoms with Crippen molar-refractivity contribution >= 4 is 11.5 Å². The average Bonchev–Trinajstić information content (AvgIpc) is 2.57. The van der Waals surface area contributed by atoms with E-state index in [0.717, 1.165) is 0 Å². The maximum atomic E-state index is 12.0. The average molecular weight is 298 g/mol. The zero-order chi connectivity index (χ0) is 15.5. The third kappa shape index (κ3) is 2.37. The van der Waals surface area contributed by atoms with E-state index in [9.17, 15) is 4.79 Å². The molecule has 0 fully saturated rings. The van der Waals surface area contributed by atoms with Gasteiger partial charge in [0.05, 0.1) is 20.5 Å². The topological polar surface area (TPSA) is 54.0 Å². The number of hydrogen-bond donors (Lipinski definition) is 0. The Kier molecular flexibility index (Phi) is 3.70. The van der Waals surface area contributed by atoms with Crippen LogP contribution in [0.25, 0.3) is 5.57 Å². The lowest BCUT2D eigenvalue weighted by atomic mass is 10.0. The van der Waals surface area contributed by atoms with Crippen LogP contribution in [0, 0.1) is 0 Å². The molecule has 2 aromatic rings. The first kappa shape index (κ1) is 14.0. The van der Waals surface area contributed by atoms with E-state index >= 15 is 0 Å². The van der Waals surface area contributed by atoms with E-state index in [-0.39, 0.29) is 5.57 Å². The Morgan fingerprint density at radius 1 is 0.955 bits per heavy atom. The lowest BCUT2D eigenvalue weighted by Gasteiger charge is -2.22. The van der Waals surface area contributed by atoms with Crippen LogP contribution in [0.3, 0.4) is 0 Å². The largest absolute Gasteiger partial charge is 0.503 e. The predicted octanol–water partition coefficient (Wildman–Crippen LogP) is 3.74. The highest BCUT2D eigenvalue weighted by atomic mass is 16.6. The summed E-state index contributed by atoms with van der Waals surface area (Å²) in [7, 11) is 2.78. The first-order chi connectivity index (χ1) is 10.7. The summed E-state index contributed by atoms with van der Waals surface area (Å²) in [5.74, 6) is 1.68. The second-order valence-corrected chi connectivity index (χ2v) is 4.54. The number of para-hydroxylation sites is 3. The van der Waals surface area contributed by atoms with Gasteiger partial charge in [-0.15, -0.1) is 0 Å². The molecule has 1 aliphatic rings. The van der Waals surface area contributed by atoms with Crippen LogP contribution in [0.5, 0.6) is 23.0 Å². The van der Waals surface area contributed by atoms with Crippen molar-refractivity contribution in [1.29, 1.82) is 0 Å². The molecule has 0 aliphatic carbocycles. The number of benzene rings is 2. The van der Waals surface area contributed by atoms with Crippen molar-refractivity contribution in [1.82, 2.24) is 0 Å². The van der Waals surface area contributed by atoms with Crippen LogP contribution < -0.4 is 9.47 Å². The smallest absolute Gasteiger partial charge is 0.341 e. The van der Waals surface area contributed by atoms with E-state index in [1.807, 2.05) is 18.2 Å². The van der Waals surface area contributed by atoms with Crippen molar-refractivity contribution in [3.8, 4) is 23.0 Å². The van der Waals surface area contributed by atoms with Crippen molar-refractivity contribution in [3.63, 3.8) is 0 Å². The molecule has 1 heterocycles. The SMILES string of the molecule is CO/C=C(\C(=O)OC)c1cccc2c1Oc1ccccc1O2. The quantitative estimate of drug-likeness (QED) is 0.419. The summed E-state index contributed by atoms with van der Waals surface area (Å²) in [6.45, 7) is 0. The highest BCUT2D eigenvalue weighted by molar-refractivity contribution is 6.17. The normalized spacial score (nSPS) is 12.4. The zero-order valence-electron chi connectivity index (χ0n) is 12.2. The Morgan fingerprint density at radius 3 is 2.32 bits per heavy atom. The highest BCUT2D eigenvalue weighted by Gasteiger charge is 2.25. The molecule has 0 radical (unpaired) electrons. The van der Waals surface area contributed by atoms with Gasteiger partial charge in [0.25, 0.3) is 0 Å². The molecular weight excluding hydrogens is 284 g/mol. The minimum absolute atomic E-state index is 0.254. The number of carbonyl (C=O) groups is 1. The van der Waals surface area contributed by atoms with Crippen molar-refractivity contribution in [2.75, 3.05) is 14.2 Å². The summed E-state index contributed by atoms with van der Waals surface area (Å²) in [5.41, 5.74) is 0.797. The Balaban J connectivity index is 2.10. The molecule has 112 valence electrons. The number of esters is 1. The molecule has 5 nitrogen and oxygen atoms in total. The number of carbonyl (C=O) groups excluding carboxylic acids is 1. The van der Waals surface area contributed by atoms with E-state index in [2.05, 4.69) is 0 Å². The number of ether oxygens (including phenoxy) is 4. The second kappa shape index (κ2) is 5.81. The van der Waals surface area contributed by atoms with Gasteiger partial charge in [-0.2, -0.15) is 0 Å². The van der Waals surface area contributed by atoms with Crippen molar-refractivity contribution in [2.45, 2.75) is 0 Å². The van der Waals surface area contributed by atoms with Crippen LogP contribution >= 0.6 is 0 Å². The molecule has 1 aliphatic heterocycles. The molecule has 5 heteroatoms. The monoisotopic (exact) mass is 298 g/mol. The minimum Gasteiger partial charge on any atom is -0.503 e. The van der Waals surface area contributed by atoms with Gasteiger partial charge in [-0.25, -0.2) is 4.79 Å². The summed E-state index contributed by atoms with van der Waals surface area (Å²) < 4.78 is 21.5. The third-order valence-corrected chi connectivity index (χ3v) is 3.19. The van der Waals surface area contributed by atoms with Gasteiger partial charge in [-0.05, 0) is 24.3 Å². The fraction of sp³-hybridized carbons (Fsp3) is 0.118. The Bertz CT molecular complexity index is 748. The molecular formula is C17H14O5. The van der Waals surface area contributed by atoms with Gasteiger partial charge in [-0.1, -0.05) is 18.2 Å². The number of hydrogen-bond acceptors (Lipinski definition) is 5. The van der Waals surface area contributed by atoms with Crippen LogP contribution in [0.4, 0.5) is 0 Å². The molecule has 0 unspecified atom stereocenters. The van der Waals surface area contributed by atoms with E-state index in [1.165, 1.54) is 20.5 Å². The molecule has 2 aromatic carbocycles. The molecule has 0 spiro atoms. The molecule has 0 N–H and O–H groups in total. The predicted molar refractivity (Wildman–Crippen MR) is 80.0 cm³/mol. The number of fused-ring (bicyclic) bond motifs is 2. The summed E-state index contributed by atoms with van der Waals surface area (Å²) in [6.07, 6.45) is 1.32. The Hall–Kier alpha value is -2.95. The lowest BCUT2D eigenvalue weighted by Crippen LogP contribution is -2.08. The van der Waals surface area contributed by atoms with Gasteiger partial charge < -0.3 is 18.9 Å². The molecule has 0 bridgehead atoms. The van der Waals surface area contributed by atoms with Gasteiger partial charge in [-0.3, -0.25) is 0 Å². The van der Waals surface area contributed by atoms with Gasteiger partial charge in [0.1, 0.15) is 5.57 Å². The first-order valence-electron chi connectivity index (χ1n) is 6.64. The molecule has 0 amide bonds. The molecule has 0 aromatic heterocycles. The maximum absolute atomic E-state index is 12.0. The van der Waals surface area contributed by atoms with Crippen LogP contribution in [0.2, 0.25) is 0 Å².